The summed E-state index contributed by atoms with van der Waals surface area (Å²) < 4.78 is 10.7. The topological polar surface area (TPSA) is 127 Å². The Kier molecular flexibility index (Phi) is 40.0. The monoisotopic (exact) mass is 741 g/mol. The van der Waals surface area contributed by atoms with E-state index >= 15 is 0 Å². The zero-order valence-corrected chi connectivity index (χ0v) is 34.2. The van der Waals surface area contributed by atoms with E-state index in [2.05, 4.69) is 24.4 Å². The number of ether oxygens (including phenoxy) is 2. The van der Waals surface area contributed by atoms with E-state index in [-0.39, 0.29) is 29.9 Å². The summed E-state index contributed by atoms with van der Waals surface area (Å²) in [5.74, 6) is -0.514. The molecule has 0 aliphatic heterocycles. The highest BCUT2D eigenvalue weighted by Crippen LogP contribution is 2.14. The molecule has 0 amide bonds. The minimum atomic E-state index is -0.344. The van der Waals surface area contributed by atoms with E-state index in [4.69, 9.17) is 14.7 Å². The van der Waals surface area contributed by atoms with Crippen molar-refractivity contribution in [2.75, 3.05) is 39.4 Å². The van der Waals surface area contributed by atoms with Gasteiger partial charge in [-0.3, -0.25) is 9.59 Å². The molecule has 0 aromatic rings. The second-order valence-electron chi connectivity index (χ2n) is 14.9. The largest absolute Gasteiger partial charge is 0.569 e. The zero-order valence-electron chi connectivity index (χ0n) is 34.2. The van der Waals surface area contributed by atoms with E-state index in [0.717, 1.165) is 32.1 Å². The van der Waals surface area contributed by atoms with Crippen molar-refractivity contribution in [2.45, 2.75) is 219 Å². The quantitative estimate of drug-likeness (QED) is 0.0208. The molecule has 0 heterocycles. The van der Waals surface area contributed by atoms with E-state index in [1.54, 1.807) is 0 Å². The Balaban J connectivity index is 3.63. The molecule has 0 aliphatic rings. The summed E-state index contributed by atoms with van der Waals surface area (Å²) in [5, 5.41) is 28.1. The number of hydrazine groups is 1. The van der Waals surface area contributed by atoms with Crippen LogP contribution in [0.2, 0.25) is 0 Å². The number of nitrogens with zero attached hydrogens (tertiary/aromatic N) is 3. The van der Waals surface area contributed by atoms with Gasteiger partial charge in [0.15, 0.2) is 0 Å². The Bertz CT molecular complexity index is 800. The van der Waals surface area contributed by atoms with Crippen LogP contribution in [0.5, 0.6) is 0 Å². The van der Waals surface area contributed by atoms with Crippen molar-refractivity contribution in [3.63, 3.8) is 0 Å². The highest BCUT2D eigenvalue weighted by atomic mass is 16.6. The van der Waals surface area contributed by atoms with Crippen molar-refractivity contribution in [3.05, 3.63) is 5.21 Å². The van der Waals surface area contributed by atoms with Crippen molar-refractivity contribution < 1.29 is 29.2 Å². The van der Waals surface area contributed by atoms with Gasteiger partial charge >= 0.3 is 11.9 Å². The maximum atomic E-state index is 12.2. The predicted molar refractivity (Wildman–Crippen MR) is 213 cm³/mol. The molecule has 0 spiro atoms. The second-order valence-corrected chi connectivity index (χ2v) is 14.9. The van der Waals surface area contributed by atoms with Crippen LogP contribution in [0, 0.1) is 5.21 Å². The van der Waals surface area contributed by atoms with Crippen LogP contribution >= 0.6 is 0 Å². The molecular formula is C42H84N4O6. The molecule has 0 rings (SSSR count). The first-order chi connectivity index (χ1) is 25.5. The number of carbonyl (C=O) groups is 2. The van der Waals surface area contributed by atoms with Gasteiger partial charge in [-0.2, -0.15) is 0 Å². The standard InChI is InChI=1S/C42H84N4O6/c1-3-5-7-9-11-13-15-17-19-21-23-25-27-31-39-51-41(47)33-36-43-35-29-30-37-45(46(50)44-49)38-34-42(48)52-40-32-28-26-24-22-20-18-16-14-12-10-8-6-4-2/h43,49H,3-40H2,1-2H3/b46-44-. The van der Waals surface area contributed by atoms with Gasteiger partial charge < -0.3 is 25.2 Å². The number of unbranched alkanes of at least 4 members (excludes halogenated alkanes) is 27. The van der Waals surface area contributed by atoms with E-state index < -0.39 is 0 Å². The molecule has 0 saturated carbocycles. The first kappa shape index (κ1) is 49.9. The summed E-state index contributed by atoms with van der Waals surface area (Å²) >= 11 is 0. The van der Waals surface area contributed by atoms with Crippen molar-refractivity contribution in [3.8, 4) is 0 Å². The molecule has 0 aromatic carbocycles. The van der Waals surface area contributed by atoms with E-state index in [1.165, 1.54) is 159 Å². The lowest BCUT2D eigenvalue weighted by atomic mass is 10.0. The molecule has 0 aliphatic carbocycles. The van der Waals surface area contributed by atoms with Gasteiger partial charge in [0.2, 0.25) is 5.28 Å². The third-order valence-corrected chi connectivity index (χ3v) is 9.94. The van der Waals surface area contributed by atoms with Gasteiger partial charge in [0.25, 0.3) is 0 Å². The Morgan fingerprint density at radius 3 is 1.27 bits per heavy atom. The van der Waals surface area contributed by atoms with Crippen LogP contribution < -0.4 is 5.32 Å². The molecule has 10 heteroatoms. The molecule has 2 N–H and O–H groups in total. The Labute approximate surface area is 320 Å². The molecule has 0 saturated heterocycles. The molecule has 0 unspecified atom stereocenters. The first-order valence-electron chi connectivity index (χ1n) is 22.1. The summed E-state index contributed by atoms with van der Waals surface area (Å²) in [6.07, 6.45) is 38.0. The van der Waals surface area contributed by atoms with Crippen molar-refractivity contribution in [1.29, 1.82) is 0 Å². The molecule has 0 radical (unpaired) electrons. The number of hydrogen-bond acceptors (Lipinski definition) is 7. The molecule has 0 bridgehead atoms. The van der Waals surface area contributed by atoms with E-state index in [9.17, 15) is 14.8 Å². The van der Waals surface area contributed by atoms with Gasteiger partial charge in [-0.25, -0.2) is 0 Å². The molecule has 0 fully saturated rings. The van der Waals surface area contributed by atoms with E-state index in [0.29, 0.717) is 45.7 Å². The number of rotatable bonds is 42. The molecule has 308 valence electrons. The van der Waals surface area contributed by atoms with Crippen LogP contribution in [0.3, 0.4) is 0 Å². The fraction of sp³-hybridized carbons (Fsp3) is 0.952. The van der Waals surface area contributed by atoms with Gasteiger partial charge in [0, 0.05) is 6.54 Å². The van der Waals surface area contributed by atoms with Crippen molar-refractivity contribution in [2.24, 2.45) is 5.28 Å². The van der Waals surface area contributed by atoms with Crippen LogP contribution in [-0.2, 0) is 19.1 Å². The summed E-state index contributed by atoms with van der Waals surface area (Å²) in [6.45, 7) is 7.15. The maximum Gasteiger partial charge on any atom is 0.307 e. The van der Waals surface area contributed by atoms with Crippen LogP contribution in [0.4, 0.5) is 0 Å². The smallest absolute Gasteiger partial charge is 0.307 e. The van der Waals surface area contributed by atoms with Gasteiger partial charge in [-0.1, -0.05) is 181 Å². The Hall–Kier alpha value is -2.10. The number of carbonyl (C=O) groups excluding carboxylic acids is 2. The van der Waals surface area contributed by atoms with Crippen molar-refractivity contribution in [1.82, 2.24) is 10.3 Å². The molecular weight excluding hydrogens is 656 g/mol. The highest BCUT2D eigenvalue weighted by molar-refractivity contribution is 5.69. The zero-order chi connectivity index (χ0) is 38.0. The van der Waals surface area contributed by atoms with Crippen LogP contribution in [-0.4, -0.2) is 66.5 Å². The molecule has 0 aromatic heterocycles. The average molecular weight is 741 g/mol. The lowest BCUT2D eigenvalue weighted by Crippen LogP contribution is -2.34. The first-order valence-corrected chi connectivity index (χ1v) is 22.1. The number of hydrogen-bond donors (Lipinski definition) is 2. The third-order valence-electron chi connectivity index (χ3n) is 9.94. The number of nitrogens with one attached hydrogen (secondary N) is 1. The fourth-order valence-electron chi connectivity index (χ4n) is 6.53. The average Bonchev–Trinajstić information content (AvgIpc) is 3.15. The summed E-state index contributed by atoms with van der Waals surface area (Å²) in [6, 6.07) is 0. The number of esters is 2. The SMILES string of the molecule is CCCCCCCCCCCCCCCCOC(=O)CCNCCCCN(CCC(=O)OCCCCCCCCCCCCCCCC)/[N+]([O-])=N/O. The molecule has 10 nitrogen and oxygen atoms in total. The minimum Gasteiger partial charge on any atom is -0.569 e. The lowest BCUT2D eigenvalue weighted by molar-refractivity contribution is -0.709. The summed E-state index contributed by atoms with van der Waals surface area (Å²) in [5.41, 5.74) is 0. The summed E-state index contributed by atoms with van der Waals surface area (Å²) in [7, 11) is 0. The van der Waals surface area contributed by atoms with Gasteiger partial charge in [-0.05, 0) is 32.2 Å². The van der Waals surface area contributed by atoms with E-state index in [1.807, 2.05) is 0 Å². The van der Waals surface area contributed by atoms with Crippen molar-refractivity contribution >= 4 is 11.9 Å². The van der Waals surface area contributed by atoms with Crippen LogP contribution in [0.25, 0.3) is 0 Å². The van der Waals surface area contributed by atoms with Gasteiger partial charge in [0.1, 0.15) is 0 Å². The second kappa shape index (κ2) is 41.7. The maximum absolute atomic E-state index is 12.2. The minimum absolute atomic E-state index is 0.0621. The Morgan fingerprint density at radius 2 is 0.885 bits per heavy atom. The summed E-state index contributed by atoms with van der Waals surface area (Å²) in [4.78, 5) is 24.3. The normalized spacial score (nSPS) is 11.6. The van der Waals surface area contributed by atoms with Gasteiger partial charge in [-0.15, -0.1) is 5.01 Å². The third kappa shape index (κ3) is 37.7. The fourth-order valence-corrected chi connectivity index (χ4v) is 6.53. The molecule has 52 heavy (non-hydrogen) atoms. The highest BCUT2D eigenvalue weighted by Gasteiger charge is 2.15. The molecule has 0 atom stereocenters. The van der Waals surface area contributed by atoms with Crippen LogP contribution in [0.15, 0.2) is 5.28 Å². The van der Waals surface area contributed by atoms with Crippen LogP contribution in [0.1, 0.15) is 219 Å². The Morgan fingerprint density at radius 1 is 0.519 bits per heavy atom. The van der Waals surface area contributed by atoms with Gasteiger partial charge in [0.05, 0.1) is 44.1 Å². The lowest BCUT2D eigenvalue weighted by Gasteiger charge is -2.17. The predicted octanol–water partition coefficient (Wildman–Crippen LogP) is 11.8.